The minimum Gasteiger partial charge on any atom is -0.399 e. The van der Waals surface area contributed by atoms with Gasteiger partial charge in [-0.05, 0) is 24.3 Å². The van der Waals surface area contributed by atoms with Gasteiger partial charge < -0.3 is 10.3 Å². The highest BCUT2D eigenvalue weighted by molar-refractivity contribution is 6.33. The van der Waals surface area contributed by atoms with Gasteiger partial charge in [-0.1, -0.05) is 16.8 Å². The van der Waals surface area contributed by atoms with Crippen LogP contribution in [0.2, 0.25) is 5.02 Å². The normalized spacial score (nSPS) is 10.6. The summed E-state index contributed by atoms with van der Waals surface area (Å²) in [6.07, 6.45) is 3.02. The zero-order valence-electron chi connectivity index (χ0n) is 9.62. The summed E-state index contributed by atoms with van der Waals surface area (Å²) in [5.41, 5.74) is 7.45. The van der Waals surface area contributed by atoms with Crippen molar-refractivity contribution < 1.29 is 4.52 Å². The molecule has 0 saturated heterocycles. The highest BCUT2D eigenvalue weighted by Gasteiger charge is 2.14. The molecule has 0 atom stereocenters. The molecule has 0 radical (unpaired) electrons. The predicted molar refractivity (Wildman–Crippen MR) is 70.2 cm³/mol. The first-order valence-electron chi connectivity index (χ1n) is 5.39. The molecule has 0 spiro atoms. The van der Waals surface area contributed by atoms with Crippen LogP contribution < -0.4 is 5.73 Å². The number of anilines is 1. The maximum atomic E-state index is 6.08. The van der Waals surface area contributed by atoms with E-state index in [-0.39, 0.29) is 0 Å². The van der Waals surface area contributed by atoms with Gasteiger partial charge in [-0.2, -0.15) is 4.98 Å². The van der Waals surface area contributed by atoms with Crippen molar-refractivity contribution in [3.8, 4) is 23.0 Å². The van der Waals surface area contributed by atoms with Gasteiger partial charge in [-0.15, -0.1) is 0 Å². The van der Waals surface area contributed by atoms with Crippen LogP contribution in [0.15, 0.2) is 41.3 Å². The Morgan fingerprint density at radius 1 is 1.21 bits per heavy atom. The number of nitrogens with zero attached hydrogens (tertiary/aromatic N) is 4. The van der Waals surface area contributed by atoms with Crippen molar-refractivity contribution in [2.24, 2.45) is 0 Å². The minimum absolute atomic E-state index is 0.297. The first kappa shape index (κ1) is 11.6. The van der Waals surface area contributed by atoms with Crippen LogP contribution in [-0.2, 0) is 0 Å². The fourth-order valence-corrected chi connectivity index (χ4v) is 1.77. The molecule has 0 unspecified atom stereocenters. The molecule has 2 heterocycles. The molecule has 3 aromatic rings. The number of nitrogens with two attached hydrogens (primary N) is 1. The van der Waals surface area contributed by atoms with Crippen molar-refractivity contribution in [3.05, 3.63) is 41.8 Å². The topological polar surface area (TPSA) is 90.7 Å². The highest BCUT2D eigenvalue weighted by atomic mass is 35.5. The number of nitrogen functional groups attached to an aromatic ring is 1. The van der Waals surface area contributed by atoms with Crippen molar-refractivity contribution in [1.29, 1.82) is 0 Å². The molecule has 0 saturated carbocycles. The number of hydrogen-bond acceptors (Lipinski definition) is 6. The van der Waals surface area contributed by atoms with E-state index in [0.717, 1.165) is 0 Å². The standard InChI is InChI=1S/C12H8ClN5O/c13-9-2-1-7(14)5-8(9)12-17-11(18-19-12)10-3-4-15-6-16-10/h1-6H,14H2. The molecule has 2 N–H and O–H groups in total. The molecule has 6 nitrogen and oxygen atoms in total. The summed E-state index contributed by atoms with van der Waals surface area (Å²) >= 11 is 6.08. The van der Waals surface area contributed by atoms with Crippen LogP contribution in [0.1, 0.15) is 0 Å². The Bertz CT molecular complexity index is 713. The van der Waals surface area contributed by atoms with Crippen LogP contribution in [0.25, 0.3) is 23.0 Å². The van der Waals surface area contributed by atoms with Gasteiger partial charge in [0.05, 0.1) is 10.6 Å². The summed E-state index contributed by atoms with van der Waals surface area (Å²) in [4.78, 5) is 12.1. The van der Waals surface area contributed by atoms with Gasteiger partial charge in [0.1, 0.15) is 12.0 Å². The van der Waals surface area contributed by atoms with E-state index in [2.05, 4.69) is 20.1 Å². The van der Waals surface area contributed by atoms with Crippen LogP contribution in [0, 0.1) is 0 Å². The summed E-state index contributed by atoms with van der Waals surface area (Å²) in [5.74, 6) is 0.668. The average molecular weight is 274 g/mol. The first-order valence-corrected chi connectivity index (χ1v) is 5.77. The van der Waals surface area contributed by atoms with E-state index >= 15 is 0 Å². The molecular weight excluding hydrogens is 266 g/mol. The molecule has 0 amide bonds. The largest absolute Gasteiger partial charge is 0.399 e. The number of hydrogen-bond donors (Lipinski definition) is 1. The highest BCUT2D eigenvalue weighted by Crippen LogP contribution is 2.29. The summed E-state index contributed by atoms with van der Waals surface area (Å²) < 4.78 is 5.18. The van der Waals surface area contributed by atoms with Gasteiger partial charge >= 0.3 is 0 Å². The Morgan fingerprint density at radius 2 is 2.11 bits per heavy atom. The lowest BCUT2D eigenvalue weighted by Crippen LogP contribution is -1.88. The zero-order chi connectivity index (χ0) is 13.2. The second-order valence-corrected chi connectivity index (χ2v) is 4.16. The van der Waals surface area contributed by atoms with Crippen molar-refractivity contribution in [1.82, 2.24) is 20.1 Å². The van der Waals surface area contributed by atoms with Gasteiger partial charge in [0.25, 0.3) is 5.89 Å². The lowest BCUT2D eigenvalue weighted by molar-refractivity contribution is 0.432. The summed E-state index contributed by atoms with van der Waals surface area (Å²) in [6.45, 7) is 0. The third kappa shape index (κ3) is 2.25. The Kier molecular flexibility index (Phi) is 2.85. The molecule has 0 aliphatic heterocycles. The lowest BCUT2D eigenvalue weighted by Gasteiger charge is -1.99. The van der Waals surface area contributed by atoms with Gasteiger partial charge in [-0.3, -0.25) is 0 Å². The molecular formula is C12H8ClN5O. The smallest absolute Gasteiger partial charge is 0.259 e. The Morgan fingerprint density at radius 3 is 2.89 bits per heavy atom. The quantitative estimate of drug-likeness (QED) is 0.721. The van der Waals surface area contributed by atoms with Crippen molar-refractivity contribution in [2.75, 3.05) is 5.73 Å². The molecule has 0 fully saturated rings. The minimum atomic E-state index is 0.297. The summed E-state index contributed by atoms with van der Waals surface area (Å²) in [7, 11) is 0. The second kappa shape index (κ2) is 4.66. The molecule has 0 aliphatic rings. The number of aromatic nitrogens is 4. The van der Waals surface area contributed by atoms with Crippen LogP contribution in [0.5, 0.6) is 0 Å². The van der Waals surface area contributed by atoms with Crippen LogP contribution in [0.4, 0.5) is 5.69 Å². The van der Waals surface area contributed by atoms with Gasteiger partial charge in [0.15, 0.2) is 0 Å². The predicted octanol–water partition coefficient (Wildman–Crippen LogP) is 2.43. The van der Waals surface area contributed by atoms with Gasteiger partial charge in [-0.25, -0.2) is 9.97 Å². The Labute approximate surface area is 113 Å². The second-order valence-electron chi connectivity index (χ2n) is 3.76. The monoisotopic (exact) mass is 273 g/mol. The molecule has 94 valence electrons. The van der Waals surface area contributed by atoms with Gasteiger partial charge in [0, 0.05) is 11.9 Å². The van der Waals surface area contributed by atoms with Crippen molar-refractivity contribution in [2.45, 2.75) is 0 Å². The molecule has 2 aromatic heterocycles. The van der Waals surface area contributed by atoms with E-state index in [9.17, 15) is 0 Å². The van der Waals surface area contributed by atoms with Crippen LogP contribution >= 0.6 is 11.6 Å². The van der Waals surface area contributed by atoms with E-state index in [1.54, 1.807) is 30.5 Å². The van der Waals surface area contributed by atoms with E-state index in [0.29, 0.717) is 33.7 Å². The van der Waals surface area contributed by atoms with Crippen molar-refractivity contribution in [3.63, 3.8) is 0 Å². The molecule has 3 rings (SSSR count). The van der Waals surface area contributed by atoms with Crippen molar-refractivity contribution >= 4 is 17.3 Å². The lowest BCUT2D eigenvalue weighted by atomic mass is 10.2. The zero-order valence-corrected chi connectivity index (χ0v) is 10.4. The summed E-state index contributed by atoms with van der Waals surface area (Å²) in [6, 6.07) is 6.75. The van der Waals surface area contributed by atoms with E-state index in [1.165, 1.54) is 6.33 Å². The van der Waals surface area contributed by atoms with Crippen LogP contribution in [0.3, 0.4) is 0 Å². The molecule has 0 bridgehead atoms. The maximum absolute atomic E-state index is 6.08. The average Bonchev–Trinajstić information content (AvgIpc) is 2.92. The number of halogens is 1. The van der Waals surface area contributed by atoms with E-state index in [4.69, 9.17) is 21.9 Å². The van der Waals surface area contributed by atoms with E-state index in [1.807, 2.05) is 0 Å². The third-order valence-electron chi connectivity index (χ3n) is 2.46. The van der Waals surface area contributed by atoms with Crippen LogP contribution in [-0.4, -0.2) is 20.1 Å². The fourth-order valence-electron chi connectivity index (χ4n) is 1.57. The maximum Gasteiger partial charge on any atom is 0.259 e. The Balaban J connectivity index is 2.04. The molecule has 19 heavy (non-hydrogen) atoms. The number of benzene rings is 1. The van der Waals surface area contributed by atoms with Gasteiger partial charge in [0.2, 0.25) is 5.82 Å². The molecule has 1 aromatic carbocycles. The Hall–Kier alpha value is -2.47. The number of rotatable bonds is 2. The SMILES string of the molecule is Nc1ccc(Cl)c(-c2nc(-c3ccncn3)no2)c1. The fraction of sp³-hybridized carbons (Fsp3) is 0. The molecule has 0 aliphatic carbocycles. The third-order valence-corrected chi connectivity index (χ3v) is 2.79. The van der Waals surface area contributed by atoms with E-state index < -0.39 is 0 Å². The molecule has 7 heteroatoms. The summed E-state index contributed by atoms with van der Waals surface area (Å²) in [5, 5.41) is 4.35. The first-order chi connectivity index (χ1) is 9.24.